The fourth-order valence-corrected chi connectivity index (χ4v) is 2.35. The Hall–Kier alpha value is -2.60. The molecule has 6 nitrogen and oxygen atoms in total. The van der Waals surface area contributed by atoms with Crippen LogP contribution in [0.2, 0.25) is 5.02 Å². The predicted molar refractivity (Wildman–Crippen MR) is 98.8 cm³/mol. The average Bonchev–Trinajstić information content (AvgIpc) is 3.43. The van der Waals surface area contributed by atoms with Crippen LogP contribution in [0, 0.1) is 5.92 Å². The lowest BCUT2D eigenvalue weighted by Crippen LogP contribution is -2.32. The van der Waals surface area contributed by atoms with Crippen molar-refractivity contribution >= 4 is 40.6 Å². The number of hydrogen-bond acceptors (Lipinski definition) is 4. The van der Waals surface area contributed by atoms with Crippen LogP contribution in [0.25, 0.3) is 0 Å². The maximum atomic E-state index is 12.2. The minimum atomic E-state index is -0.454. The molecule has 0 spiro atoms. The Morgan fingerprint density at radius 1 is 1.08 bits per heavy atom. The van der Waals surface area contributed by atoms with Gasteiger partial charge in [-0.1, -0.05) is 11.6 Å². The first-order chi connectivity index (χ1) is 12.0. The maximum Gasteiger partial charge on any atom is 0.247 e. The number of benzene rings is 1. The number of carbonyl (C=O) groups is 2. The van der Waals surface area contributed by atoms with Crippen molar-refractivity contribution in [2.24, 2.45) is 5.92 Å². The highest BCUT2D eigenvalue weighted by atomic mass is 35.5. The van der Waals surface area contributed by atoms with E-state index >= 15 is 0 Å². The minimum Gasteiger partial charge on any atom is -0.374 e. The summed E-state index contributed by atoms with van der Waals surface area (Å²) in [5, 5.41) is 9.22. The zero-order chi connectivity index (χ0) is 17.8. The highest BCUT2D eigenvalue weighted by Gasteiger charge is 2.29. The van der Waals surface area contributed by atoms with Crippen LogP contribution >= 0.6 is 11.6 Å². The Bertz CT molecular complexity index is 758. The number of amides is 2. The average molecular weight is 359 g/mol. The molecule has 3 N–H and O–H groups in total. The largest absolute Gasteiger partial charge is 0.374 e. The second-order valence-electron chi connectivity index (χ2n) is 6.06. The molecule has 7 heteroatoms. The van der Waals surface area contributed by atoms with Crippen LogP contribution in [0.15, 0.2) is 42.6 Å². The van der Waals surface area contributed by atoms with Gasteiger partial charge in [-0.3, -0.25) is 9.59 Å². The molecule has 1 fully saturated rings. The fraction of sp³-hybridized carbons (Fsp3) is 0.278. The first-order valence-electron chi connectivity index (χ1n) is 8.11. The van der Waals surface area contributed by atoms with Gasteiger partial charge in [0.05, 0.1) is 5.02 Å². The van der Waals surface area contributed by atoms with Gasteiger partial charge in [-0.05, 0) is 56.2 Å². The molecule has 0 aliphatic heterocycles. The Morgan fingerprint density at radius 3 is 2.36 bits per heavy atom. The topological polar surface area (TPSA) is 83.1 Å². The molecule has 1 heterocycles. The van der Waals surface area contributed by atoms with Gasteiger partial charge in [0.1, 0.15) is 11.9 Å². The van der Waals surface area contributed by atoms with Gasteiger partial charge in [0.25, 0.3) is 0 Å². The Morgan fingerprint density at radius 2 is 1.76 bits per heavy atom. The molecule has 25 heavy (non-hydrogen) atoms. The molecule has 3 rings (SSSR count). The smallest absolute Gasteiger partial charge is 0.247 e. The zero-order valence-corrected chi connectivity index (χ0v) is 14.5. The van der Waals surface area contributed by atoms with Crippen LogP contribution in [0.1, 0.15) is 19.8 Å². The summed E-state index contributed by atoms with van der Waals surface area (Å²) in [6, 6.07) is 10.1. The molecule has 2 amide bonds. The van der Waals surface area contributed by atoms with E-state index in [-0.39, 0.29) is 17.7 Å². The van der Waals surface area contributed by atoms with Gasteiger partial charge < -0.3 is 16.0 Å². The SMILES string of the molecule is CC(Nc1ccc(NC(=O)C2CC2)cc1)C(=O)Nc1ccc(Cl)cn1. The third-order valence-electron chi connectivity index (χ3n) is 3.86. The van der Waals surface area contributed by atoms with Crippen LogP contribution in [0.5, 0.6) is 0 Å². The summed E-state index contributed by atoms with van der Waals surface area (Å²) in [6.45, 7) is 1.76. The third kappa shape index (κ3) is 4.93. The van der Waals surface area contributed by atoms with Crippen molar-refractivity contribution in [3.63, 3.8) is 0 Å². The summed E-state index contributed by atoms with van der Waals surface area (Å²) in [6.07, 6.45) is 3.42. The number of nitrogens with zero attached hydrogens (tertiary/aromatic N) is 1. The second kappa shape index (κ2) is 7.53. The van der Waals surface area contributed by atoms with E-state index < -0.39 is 6.04 Å². The van der Waals surface area contributed by atoms with Crippen molar-refractivity contribution in [3.8, 4) is 0 Å². The summed E-state index contributed by atoms with van der Waals surface area (Å²) >= 11 is 5.77. The molecule has 2 aromatic rings. The highest BCUT2D eigenvalue weighted by molar-refractivity contribution is 6.30. The molecule has 0 bridgehead atoms. The quantitative estimate of drug-likeness (QED) is 0.737. The van der Waals surface area contributed by atoms with Crippen LogP contribution < -0.4 is 16.0 Å². The van der Waals surface area contributed by atoms with Gasteiger partial charge in [0.2, 0.25) is 11.8 Å². The summed E-state index contributed by atoms with van der Waals surface area (Å²) in [7, 11) is 0. The van der Waals surface area contributed by atoms with Gasteiger partial charge in [-0.15, -0.1) is 0 Å². The van der Waals surface area contributed by atoms with Crippen molar-refractivity contribution in [2.75, 3.05) is 16.0 Å². The monoisotopic (exact) mass is 358 g/mol. The first kappa shape index (κ1) is 17.2. The highest BCUT2D eigenvalue weighted by Crippen LogP contribution is 2.30. The normalized spacial score (nSPS) is 14.5. The number of carbonyl (C=O) groups excluding carboxylic acids is 2. The number of nitrogens with one attached hydrogen (secondary N) is 3. The predicted octanol–water partition coefficient (Wildman–Crippen LogP) is 3.52. The number of halogens is 1. The molecule has 1 aliphatic rings. The van der Waals surface area contributed by atoms with Crippen LogP contribution in [0.4, 0.5) is 17.2 Å². The third-order valence-corrected chi connectivity index (χ3v) is 4.08. The number of pyridine rings is 1. The van der Waals surface area contributed by atoms with Crippen molar-refractivity contribution in [3.05, 3.63) is 47.6 Å². The van der Waals surface area contributed by atoms with E-state index in [4.69, 9.17) is 11.6 Å². The van der Waals surface area contributed by atoms with Crippen LogP contribution in [0.3, 0.4) is 0 Å². The summed E-state index contributed by atoms with van der Waals surface area (Å²) < 4.78 is 0. The lowest BCUT2D eigenvalue weighted by molar-refractivity contribution is -0.117. The van der Waals surface area contributed by atoms with E-state index in [2.05, 4.69) is 20.9 Å². The van der Waals surface area contributed by atoms with Gasteiger partial charge in [0, 0.05) is 23.5 Å². The van der Waals surface area contributed by atoms with E-state index in [0.29, 0.717) is 10.8 Å². The van der Waals surface area contributed by atoms with Gasteiger partial charge in [-0.2, -0.15) is 0 Å². The lowest BCUT2D eigenvalue weighted by atomic mass is 10.2. The maximum absolute atomic E-state index is 12.2. The van der Waals surface area contributed by atoms with Gasteiger partial charge in [-0.25, -0.2) is 4.98 Å². The fourth-order valence-electron chi connectivity index (χ4n) is 2.24. The van der Waals surface area contributed by atoms with E-state index in [9.17, 15) is 9.59 Å². The second-order valence-corrected chi connectivity index (χ2v) is 6.49. The molecule has 0 radical (unpaired) electrons. The molecule has 1 saturated carbocycles. The van der Waals surface area contributed by atoms with Gasteiger partial charge in [0.15, 0.2) is 0 Å². The molecule has 1 atom stereocenters. The number of aromatic nitrogens is 1. The Kier molecular flexibility index (Phi) is 5.19. The molecular formula is C18H19ClN4O2. The number of rotatable bonds is 6. The standard InChI is InChI=1S/C18H19ClN4O2/c1-11(17(24)23-16-9-4-13(19)10-20-16)21-14-5-7-15(8-6-14)22-18(25)12-2-3-12/h4-12,21H,2-3H2,1H3,(H,22,25)(H,20,23,24). The number of hydrogen-bond donors (Lipinski definition) is 3. The first-order valence-corrected chi connectivity index (χ1v) is 8.49. The molecular weight excluding hydrogens is 340 g/mol. The lowest BCUT2D eigenvalue weighted by Gasteiger charge is -2.15. The van der Waals surface area contributed by atoms with Crippen LogP contribution in [-0.4, -0.2) is 22.8 Å². The summed E-state index contributed by atoms with van der Waals surface area (Å²) in [5.74, 6) is 0.481. The molecule has 1 aliphatic carbocycles. The van der Waals surface area contributed by atoms with Gasteiger partial charge >= 0.3 is 0 Å². The Balaban J connectivity index is 1.52. The van der Waals surface area contributed by atoms with Crippen molar-refractivity contribution in [1.29, 1.82) is 0 Å². The van der Waals surface area contributed by atoms with E-state index in [0.717, 1.165) is 24.2 Å². The van der Waals surface area contributed by atoms with Crippen molar-refractivity contribution < 1.29 is 9.59 Å². The molecule has 1 aromatic carbocycles. The zero-order valence-electron chi connectivity index (χ0n) is 13.8. The molecule has 130 valence electrons. The number of anilines is 3. The molecule has 1 unspecified atom stereocenters. The van der Waals surface area contributed by atoms with Crippen molar-refractivity contribution in [2.45, 2.75) is 25.8 Å². The summed E-state index contributed by atoms with van der Waals surface area (Å²) in [5.41, 5.74) is 1.54. The molecule has 1 aromatic heterocycles. The van der Waals surface area contributed by atoms with E-state index in [1.165, 1.54) is 6.20 Å². The van der Waals surface area contributed by atoms with Crippen LogP contribution in [-0.2, 0) is 9.59 Å². The van der Waals surface area contributed by atoms with E-state index in [1.54, 1.807) is 19.1 Å². The van der Waals surface area contributed by atoms with E-state index in [1.807, 2.05) is 24.3 Å². The Labute approximate surface area is 151 Å². The minimum absolute atomic E-state index is 0.0731. The molecule has 0 saturated heterocycles. The van der Waals surface area contributed by atoms with Crippen molar-refractivity contribution in [1.82, 2.24) is 4.98 Å². The summed E-state index contributed by atoms with van der Waals surface area (Å²) in [4.78, 5) is 28.0.